The van der Waals surface area contributed by atoms with Crippen molar-refractivity contribution < 1.29 is 41.9 Å². The smallest absolute Gasteiger partial charge is 0.262 e. The number of fused-ring (bicyclic) bond motifs is 2. The van der Waals surface area contributed by atoms with E-state index in [-0.39, 0.29) is 67.8 Å². The van der Waals surface area contributed by atoms with Crippen molar-refractivity contribution in [1.82, 2.24) is 39.6 Å². The van der Waals surface area contributed by atoms with Gasteiger partial charge in [0.2, 0.25) is 27.7 Å². The fourth-order valence-electron chi connectivity index (χ4n) is 9.96. The molecule has 0 aliphatic carbocycles. The molecular weight excluding hydrogens is 954 g/mol. The lowest BCUT2D eigenvalue weighted by atomic mass is 9.74. The number of carbonyl (C=O) groups is 5. The topological polar surface area (TPSA) is 253 Å². The van der Waals surface area contributed by atoms with Gasteiger partial charge in [0.1, 0.15) is 29.7 Å². The van der Waals surface area contributed by atoms with E-state index in [0.29, 0.717) is 92.5 Å². The minimum Gasteiger partial charge on any atom is -0.493 e. The number of rotatable bonds is 12. The van der Waals surface area contributed by atoms with Crippen LogP contribution in [0.3, 0.4) is 0 Å². The summed E-state index contributed by atoms with van der Waals surface area (Å²) in [5.41, 5.74) is 3.09. The van der Waals surface area contributed by atoms with Crippen LogP contribution in [0.15, 0.2) is 55.0 Å². The van der Waals surface area contributed by atoms with Crippen molar-refractivity contribution in [2.75, 3.05) is 63.1 Å². The maximum Gasteiger partial charge on any atom is 0.262 e. The molecule has 3 N–H and O–H groups in total. The Morgan fingerprint density at radius 1 is 0.971 bits per heavy atom. The molecule has 23 heteroatoms. The molecule has 3 aromatic heterocycles. The van der Waals surface area contributed by atoms with E-state index < -0.39 is 51.0 Å². The normalized spacial score (nSPS) is 19.8. The van der Waals surface area contributed by atoms with Crippen molar-refractivity contribution in [2.24, 2.45) is 5.41 Å². The zero-order valence-electron chi connectivity index (χ0n) is 37.1. The molecule has 0 radical (unpaired) electrons. The third-order valence-electron chi connectivity index (χ3n) is 13.5. The monoisotopic (exact) mass is 995 g/mol. The van der Waals surface area contributed by atoms with E-state index in [2.05, 4.69) is 31.9 Å². The standard InChI is InChI=1S/C46H43Cl2N11O9S/c1-24(40-32(47)17-50-18-33(40)48)68-37-13-31-34(14-36(37)67-2)54-55-41(31)26-11-25(15-49)42(52-16-26)57-20-46(21-57)22-58(23-46)69(65,66)28-7-9-56(10-8-28)39(61)19-51-27-3-4-29-30(12-27)45(64)59(44(29)63)35-5-6-38(60)53-43(35)62/h3-4,11-14,16-18,24,28,35,51H,5-10,19-23H2,1-2H3,(H,54,55)(H,53,60,62)/t24-,35?/m1/s1. The van der Waals surface area contributed by atoms with Gasteiger partial charge in [-0.1, -0.05) is 23.2 Å². The molecule has 0 bridgehead atoms. The number of imide groups is 2. The zero-order valence-corrected chi connectivity index (χ0v) is 39.5. The second-order valence-electron chi connectivity index (χ2n) is 17.9. The summed E-state index contributed by atoms with van der Waals surface area (Å²) in [5.74, 6) is -1.33. The first-order valence-electron chi connectivity index (χ1n) is 22.1. The lowest BCUT2D eigenvalue weighted by Crippen LogP contribution is -2.74. The SMILES string of the molecule is COc1cc2[nH]nc(-c3cnc(N4CC5(C4)CN(S(=O)(=O)C4CCN(C(=O)CNc6ccc7c(c6)C(=O)N(C6CCC(=O)NC6=O)C7=O)CC4)C5)c(C#N)c3)c2cc1O[C@H](C)c1c(Cl)cncc1Cl. The minimum absolute atomic E-state index is 0.00913. The first-order valence-corrected chi connectivity index (χ1v) is 24.4. The minimum atomic E-state index is -3.64. The maximum absolute atomic E-state index is 13.8. The van der Waals surface area contributed by atoms with Gasteiger partial charge in [-0.15, -0.1) is 0 Å². The van der Waals surface area contributed by atoms with Gasteiger partial charge in [-0.25, -0.2) is 17.7 Å². The number of likely N-dealkylation sites (tertiary alicyclic amines) is 1. The molecule has 1 unspecified atom stereocenters. The highest BCUT2D eigenvalue weighted by molar-refractivity contribution is 7.89. The van der Waals surface area contributed by atoms with E-state index in [4.69, 9.17) is 37.7 Å². The fraction of sp³-hybridized carbons (Fsp3) is 0.370. The van der Waals surface area contributed by atoms with E-state index in [1.807, 2.05) is 11.8 Å². The summed E-state index contributed by atoms with van der Waals surface area (Å²) in [5, 5.41) is 23.8. The average molecular weight is 997 g/mol. The molecular formula is C46H43Cl2N11O9S. The first-order chi connectivity index (χ1) is 33.1. The quantitative estimate of drug-likeness (QED) is 0.147. The Morgan fingerprint density at radius 2 is 1.70 bits per heavy atom. The van der Waals surface area contributed by atoms with Gasteiger partial charge in [-0.05, 0) is 56.5 Å². The number of H-pyrrole nitrogens is 1. The van der Waals surface area contributed by atoms with Gasteiger partial charge >= 0.3 is 0 Å². The summed E-state index contributed by atoms with van der Waals surface area (Å²) in [7, 11) is -2.11. The number of amides is 5. The molecule has 10 rings (SSSR count). The number of methoxy groups -OCH3 is 1. The Bertz CT molecular complexity index is 3140. The van der Waals surface area contributed by atoms with Crippen LogP contribution in [0.2, 0.25) is 10.0 Å². The highest BCUT2D eigenvalue weighted by Crippen LogP contribution is 2.46. The summed E-state index contributed by atoms with van der Waals surface area (Å²) in [6, 6.07) is 11.0. The number of carbonyl (C=O) groups excluding carboxylic acids is 5. The molecule has 5 aliphatic heterocycles. The van der Waals surface area contributed by atoms with Gasteiger partial charge in [-0.2, -0.15) is 10.4 Å². The van der Waals surface area contributed by atoms with Crippen molar-refractivity contribution >= 4 is 85.2 Å². The van der Waals surface area contributed by atoms with Crippen LogP contribution in [-0.4, -0.2) is 136 Å². The van der Waals surface area contributed by atoms with Crippen LogP contribution in [-0.2, 0) is 24.4 Å². The number of benzene rings is 2. The molecule has 2 aromatic carbocycles. The van der Waals surface area contributed by atoms with Crippen molar-refractivity contribution in [3.8, 4) is 28.8 Å². The molecule has 2 atom stereocenters. The first kappa shape index (κ1) is 45.9. The predicted molar refractivity (Wildman–Crippen MR) is 250 cm³/mol. The van der Waals surface area contributed by atoms with Crippen LogP contribution >= 0.6 is 23.2 Å². The number of nitriles is 1. The lowest BCUT2D eigenvalue weighted by molar-refractivity contribution is -0.136. The number of pyridine rings is 2. The van der Waals surface area contributed by atoms with E-state index in [1.165, 1.54) is 35.9 Å². The van der Waals surface area contributed by atoms with Crippen molar-refractivity contribution in [3.05, 3.63) is 87.3 Å². The Hall–Kier alpha value is -6.86. The maximum atomic E-state index is 13.8. The highest BCUT2D eigenvalue weighted by Gasteiger charge is 2.57. The van der Waals surface area contributed by atoms with Gasteiger partial charge < -0.3 is 24.6 Å². The molecule has 5 aromatic rings. The predicted octanol–water partition coefficient (Wildman–Crippen LogP) is 4.30. The van der Waals surface area contributed by atoms with Gasteiger partial charge in [0.05, 0.1) is 51.2 Å². The number of sulfonamides is 1. The number of aromatic amines is 1. The third kappa shape index (κ3) is 8.13. The summed E-state index contributed by atoms with van der Waals surface area (Å²) in [4.78, 5) is 76.7. The number of hydrogen-bond donors (Lipinski definition) is 3. The summed E-state index contributed by atoms with van der Waals surface area (Å²) >= 11 is 12.8. The van der Waals surface area contributed by atoms with Gasteiger partial charge in [0.15, 0.2) is 11.5 Å². The molecule has 4 fully saturated rings. The molecule has 1 spiro atoms. The van der Waals surface area contributed by atoms with Crippen molar-refractivity contribution in [2.45, 2.75) is 50.0 Å². The van der Waals surface area contributed by atoms with Gasteiger partial charge in [-0.3, -0.25) is 44.3 Å². The molecule has 4 saturated heterocycles. The zero-order chi connectivity index (χ0) is 48.5. The van der Waals surface area contributed by atoms with E-state index in [1.54, 1.807) is 35.4 Å². The second kappa shape index (κ2) is 17.6. The Balaban J connectivity index is 0.720. The number of anilines is 2. The fourth-order valence-corrected chi connectivity index (χ4v) is 12.8. The van der Waals surface area contributed by atoms with Crippen LogP contribution in [0.4, 0.5) is 11.5 Å². The van der Waals surface area contributed by atoms with Gasteiger partial charge in [0.25, 0.3) is 11.8 Å². The van der Waals surface area contributed by atoms with Crippen LogP contribution in [0.1, 0.15) is 70.6 Å². The van der Waals surface area contributed by atoms with Crippen molar-refractivity contribution in [1.29, 1.82) is 5.26 Å². The molecule has 8 heterocycles. The number of nitrogens with zero attached hydrogens (tertiary/aromatic N) is 8. The Morgan fingerprint density at radius 3 is 2.39 bits per heavy atom. The third-order valence-corrected chi connectivity index (χ3v) is 16.4. The second-order valence-corrected chi connectivity index (χ2v) is 20.9. The molecule has 69 heavy (non-hydrogen) atoms. The number of nitrogens with one attached hydrogen (secondary N) is 3. The van der Waals surface area contributed by atoms with E-state index in [9.17, 15) is 37.7 Å². The average Bonchev–Trinajstić information content (AvgIpc) is 3.83. The summed E-state index contributed by atoms with van der Waals surface area (Å²) < 4.78 is 41.0. The van der Waals surface area contributed by atoms with Crippen LogP contribution < -0.4 is 25.0 Å². The number of aromatic nitrogens is 4. The summed E-state index contributed by atoms with van der Waals surface area (Å²) in [6.07, 6.45) is 4.69. The molecule has 5 amide bonds. The lowest BCUT2D eigenvalue weighted by Gasteiger charge is -2.60. The van der Waals surface area contributed by atoms with E-state index in [0.717, 1.165) is 4.90 Å². The molecule has 356 valence electrons. The van der Waals surface area contributed by atoms with Crippen LogP contribution in [0.5, 0.6) is 11.5 Å². The highest BCUT2D eigenvalue weighted by atomic mass is 35.5. The van der Waals surface area contributed by atoms with Gasteiger partial charge in [0, 0.05) is 98.0 Å². The van der Waals surface area contributed by atoms with Crippen molar-refractivity contribution in [3.63, 3.8) is 0 Å². The molecule has 5 aliphatic rings. The largest absolute Gasteiger partial charge is 0.493 e. The Kier molecular flexibility index (Phi) is 11.7. The molecule has 0 saturated carbocycles. The number of halogens is 2. The van der Waals surface area contributed by atoms with Crippen LogP contribution in [0, 0.1) is 16.7 Å². The number of ether oxygens (including phenoxy) is 2. The van der Waals surface area contributed by atoms with Crippen LogP contribution in [0.25, 0.3) is 22.2 Å². The number of hydrogen-bond acceptors (Lipinski definition) is 15. The Labute approximate surface area is 404 Å². The summed E-state index contributed by atoms with van der Waals surface area (Å²) in [6.45, 7) is 3.94. The number of piperidine rings is 2. The van der Waals surface area contributed by atoms with E-state index >= 15 is 0 Å². The molecule has 20 nitrogen and oxygen atoms in total.